The van der Waals surface area contributed by atoms with Crippen LogP contribution in [0, 0.1) is 0 Å². The summed E-state index contributed by atoms with van der Waals surface area (Å²) in [4.78, 5) is 13.6. The van der Waals surface area contributed by atoms with Gasteiger partial charge in [0.05, 0.1) is 11.4 Å². The van der Waals surface area contributed by atoms with E-state index in [2.05, 4.69) is 12.2 Å². The van der Waals surface area contributed by atoms with Gasteiger partial charge in [-0.1, -0.05) is 19.3 Å². The highest BCUT2D eigenvalue weighted by Crippen LogP contribution is 2.33. The van der Waals surface area contributed by atoms with Crippen molar-refractivity contribution in [1.82, 2.24) is 4.90 Å². The Balaban J connectivity index is 2.22. The van der Waals surface area contributed by atoms with Crippen molar-refractivity contribution in [2.24, 2.45) is 0 Å². The van der Waals surface area contributed by atoms with Crippen molar-refractivity contribution in [1.29, 1.82) is 0 Å². The van der Waals surface area contributed by atoms with E-state index in [4.69, 9.17) is 5.73 Å². The Labute approximate surface area is 121 Å². The first-order chi connectivity index (χ1) is 9.41. The third-order valence-electron chi connectivity index (χ3n) is 4.10. The number of nitrogens with two attached hydrogens (primary N) is 1. The number of nitrogen functional groups attached to an aromatic ring is 1. The first-order valence-corrected chi connectivity index (χ1v) is 7.31. The zero-order valence-electron chi connectivity index (χ0n) is 12.7. The topological polar surface area (TPSA) is 58.4 Å². The van der Waals surface area contributed by atoms with Gasteiger partial charge in [0.15, 0.2) is 0 Å². The summed E-state index contributed by atoms with van der Waals surface area (Å²) in [6.07, 6.45) is 6.11. The number of nitrogens with zero attached hydrogens (tertiary/aromatic N) is 1. The van der Waals surface area contributed by atoms with Crippen molar-refractivity contribution in [3.8, 4) is 0 Å². The molecule has 4 heteroatoms. The Bertz CT molecular complexity index is 490. The molecule has 0 aliphatic heterocycles. The molecule has 1 saturated carbocycles. The first kappa shape index (κ1) is 14.7. The van der Waals surface area contributed by atoms with Crippen molar-refractivity contribution in [2.75, 3.05) is 25.1 Å². The molecule has 0 radical (unpaired) electrons. The lowest BCUT2D eigenvalue weighted by Gasteiger charge is -2.36. The molecule has 4 nitrogen and oxygen atoms in total. The molecule has 2 rings (SSSR count). The molecule has 1 aromatic carbocycles. The smallest absolute Gasteiger partial charge is 0.253 e. The van der Waals surface area contributed by atoms with E-state index >= 15 is 0 Å². The van der Waals surface area contributed by atoms with Crippen molar-refractivity contribution in [3.05, 3.63) is 23.8 Å². The lowest BCUT2D eigenvalue weighted by atomic mass is 9.83. The number of nitrogens with one attached hydrogen (secondary N) is 1. The van der Waals surface area contributed by atoms with Crippen molar-refractivity contribution in [3.63, 3.8) is 0 Å². The third kappa shape index (κ3) is 3.24. The van der Waals surface area contributed by atoms with Crippen LogP contribution in [0.25, 0.3) is 0 Å². The maximum Gasteiger partial charge on any atom is 0.253 e. The molecule has 1 aliphatic carbocycles. The van der Waals surface area contributed by atoms with Crippen LogP contribution in [0.15, 0.2) is 18.2 Å². The van der Waals surface area contributed by atoms with Gasteiger partial charge in [0.2, 0.25) is 0 Å². The second kappa shape index (κ2) is 5.73. The van der Waals surface area contributed by atoms with Crippen molar-refractivity contribution < 1.29 is 4.79 Å². The minimum Gasteiger partial charge on any atom is -0.397 e. The highest BCUT2D eigenvalue weighted by Gasteiger charge is 2.27. The molecule has 0 atom stereocenters. The Morgan fingerprint density at radius 2 is 1.90 bits per heavy atom. The van der Waals surface area contributed by atoms with E-state index in [0.29, 0.717) is 11.3 Å². The molecule has 1 amide bonds. The molecule has 0 heterocycles. The molecule has 0 saturated heterocycles. The monoisotopic (exact) mass is 275 g/mol. The number of anilines is 2. The van der Waals surface area contributed by atoms with Crippen LogP contribution in [0.4, 0.5) is 11.4 Å². The summed E-state index contributed by atoms with van der Waals surface area (Å²) in [7, 11) is 3.52. The average Bonchev–Trinajstić information content (AvgIpc) is 2.41. The van der Waals surface area contributed by atoms with E-state index in [-0.39, 0.29) is 11.4 Å². The fourth-order valence-corrected chi connectivity index (χ4v) is 2.84. The molecule has 3 N–H and O–H groups in total. The fourth-order valence-electron chi connectivity index (χ4n) is 2.84. The van der Waals surface area contributed by atoms with E-state index in [0.717, 1.165) is 18.5 Å². The lowest BCUT2D eigenvalue weighted by molar-refractivity contribution is 0.0827. The molecule has 0 bridgehead atoms. The van der Waals surface area contributed by atoms with Gasteiger partial charge >= 0.3 is 0 Å². The highest BCUT2D eigenvalue weighted by molar-refractivity contribution is 5.96. The molecule has 110 valence electrons. The molecule has 0 aromatic heterocycles. The summed E-state index contributed by atoms with van der Waals surface area (Å²) >= 11 is 0. The number of benzene rings is 1. The summed E-state index contributed by atoms with van der Waals surface area (Å²) in [6, 6.07) is 5.47. The number of carbonyl (C=O) groups excluding carboxylic acids is 1. The first-order valence-electron chi connectivity index (χ1n) is 7.31. The third-order valence-corrected chi connectivity index (χ3v) is 4.10. The lowest BCUT2D eigenvalue weighted by Crippen LogP contribution is -2.37. The van der Waals surface area contributed by atoms with Gasteiger partial charge in [0, 0.05) is 25.2 Å². The van der Waals surface area contributed by atoms with Gasteiger partial charge in [0.25, 0.3) is 5.91 Å². The van der Waals surface area contributed by atoms with Crippen molar-refractivity contribution in [2.45, 2.75) is 44.6 Å². The molecule has 1 aliphatic rings. The SMILES string of the molecule is CN(C)C(=O)c1ccc(N)c(NC2(C)CCCCC2)c1. The largest absolute Gasteiger partial charge is 0.397 e. The molecular weight excluding hydrogens is 250 g/mol. The maximum atomic E-state index is 12.0. The molecule has 0 unspecified atom stereocenters. The van der Waals surface area contributed by atoms with Gasteiger partial charge in [-0.3, -0.25) is 4.79 Å². The van der Waals surface area contributed by atoms with Gasteiger partial charge in [-0.2, -0.15) is 0 Å². The van der Waals surface area contributed by atoms with Gasteiger partial charge in [-0.15, -0.1) is 0 Å². The minimum atomic E-state index is 0.00171. The molecule has 1 fully saturated rings. The standard InChI is InChI=1S/C16H25N3O/c1-16(9-5-4-6-10-16)18-14-11-12(7-8-13(14)17)15(20)19(2)3/h7-8,11,18H,4-6,9-10,17H2,1-3H3. The van der Waals surface area contributed by atoms with Crippen LogP contribution in [-0.2, 0) is 0 Å². The predicted molar refractivity (Wildman–Crippen MR) is 84.0 cm³/mol. The van der Waals surface area contributed by atoms with Gasteiger partial charge in [-0.25, -0.2) is 0 Å². The van der Waals surface area contributed by atoms with Crippen LogP contribution in [0.3, 0.4) is 0 Å². The van der Waals surface area contributed by atoms with E-state index in [1.54, 1.807) is 25.1 Å². The van der Waals surface area contributed by atoms with Crippen LogP contribution in [0.2, 0.25) is 0 Å². The summed E-state index contributed by atoms with van der Waals surface area (Å²) in [5.74, 6) is 0.00171. The average molecular weight is 275 g/mol. The van der Waals surface area contributed by atoms with E-state index in [1.807, 2.05) is 12.1 Å². The molecule has 20 heavy (non-hydrogen) atoms. The summed E-state index contributed by atoms with van der Waals surface area (Å²) in [5, 5.41) is 3.56. The summed E-state index contributed by atoms with van der Waals surface area (Å²) in [5.41, 5.74) is 8.39. The Hall–Kier alpha value is -1.71. The van der Waals surface area contributed by atoms with Gasteiger partial charge in [-0.05, 0) is 38.0 Å². The van der Waals surface area contributed by atoms with Gasteiger partial charge < -0.3 is 16.0 Å². The van der Waals surface area contributed by atoms with Gasteiger partial charge in [0.1, 0.15) is 0 Å². The summed E-state index contributed by atoms with van der Waals surface area (Å²) < 4.78 is 0. The fraction of sp³-hybridized carbons (Fsp3) is 0.562. The van der Waals surface area contributed by atoms with Crippen LogP contribution in [0.5, 0.6) is 0 Å². The zero-order valence-corrected chi connectivity index (χ0v) is 12.7. The number of hydrogen-bond acceptors (Lipinski definition) is 3. The number of hydrogen-bond donors (Lipinski definition) is 2. The van der Waals surface area contributed by atoms with E-state index < -0.39 is 0 Å². The van der Waals surface area contributed by atoms with Crippen LogP contribution in [-0.4, -0.2) is 30.4 Å². The van der Waals surface area contributed by atoms with Crippen LogP contribution < -0.4 is 11.1 Å². The van der Waals surface area contributed by atoms with Crippen LogP contribution >= 0.6 is 0 Å². The number of carbonyl (C=O) groups is 1. The maximum absolute atomic E-state index is 12.0. The molecule has 0 spiro atoms. The highest BCUT2D eigenvalue weighted by atomic mass is 16.2. The number of rotatable bonds is 3. The Kier molecular flexibility index (Phi) is 4.21. The second-order valence-corrected chi connectivity index (χ2v) is 6.25. The summed E-state index contributed by atoms with van der Waals surface area (Å²) in [6.45, 7) is 2.24. The van der Waals surface area contributed by atoms with E-state index in [1.165, 1.54) is 19.3 Å². The van der Waals surface area contributed by atoms with Crippen molar-refractivity contribution >= 4 is 17.3 Å². The molecule has 1 aromatic rings. The second-order valence-electron chi connectivity index (χ2n) is 6.25. The quantitative estimate of drug-likeness (QED) is 0.833. The Morgan fingerprint density at radius 3 is 2.50 bits per heavy atom. The Morgan fingerprint density at radius 1 is 1.25 bits per heavy atom. The molecular formula is C16H25N3O. The van der Waals surface area contributed by atoms with Crippen LogP contribution in [0.1, 0.15) is 49.4 Å². The minimum absolute atomic E-state index is 0.00171. The normalized spacial score (nSPS) is 17.6. The zero-order chi connectivity index (χ0) is 14.8. The van der Waals surface area contributed by atoms with E-state index in [9.17, 15) is 4.79 Å². The number of amides is 1. The predicted octanol–water partition coefficient (Wildman–Crippen LogP) is 3.11.